The van der Waals surface area contributed by atoms with E-state index in [1.54, 1.807) is 18.3 Å². The SMILES string of the molecule is Cc1ccnc(-c2ccc(NC(=O)NCCO)cc2)n1. The zero-order valence-electron chi connectivity index (χ0n) is 11.1. The van der Waals surface area contributed by atoms with E-state index >= 15 is 0 Å². The molecule has 6 nitrogen and oxygen atoms in total. The lowest BCUT2D eigenvalue weighted by Crippen LogP contribution is -2.30. The van der Waals surface area contributed by atoms with Gasteiger partial charge in [0.1, 0.15) is 0 Å². The molecular formula is C14H16N4O2. The minimum atomic E-state index is -0.349. The van der Waals surface area contributed by atoms with Crippen LogP contribution in [0.25, 0.3) is 11.4 Å². The molecule has 0 saturated carbocycles. The molecule has 6 heteroatoms. The molecule has 1 heterocycles. The average molecular weight is 272 g/mol. The van der Waals surface area contributed by atoms with E-state index in [1.165, 1.54) is 0 Å². The number of aromatic nitrogens is 2. The van der Waals surface area contributed by atoms with Crippen LogP contribution in [-0.4, -0.2) is 34.3 Å². The molecule has 0 aliphatic carbocycles. The molecule has 20 heavy (non-hydrogen) atoms. The third-order valence-electron chi connectivity index (χ3n) is 2.59. The second-order valence-electron chi connectivity index (χ2n) is 4.20. The lowest BCUT2D eigenvalue weighted by atomic mass is 10.2. The second-order valence-corrected chi connectivity index (χ2v) is 4.20. The van der Waals surface area contributed by atoms with Crippen molar-refractivity contribution in [2.24, 2.45) is 0 Å². The number of aliphatic hydroxyl groups is 1. The molecule has 0 radical (unpaired) electrons. The van der Waals surface area contributed by atoms with Gasteiger partial charge < -0.3 is 15.7 Å². The van der Waals surface area contributed by atoms with Crippen LogP contribution in [0.5, 0.6) is 0 Å². The summed E-state index contributed by atoms with van der Waals surface area (Å²) in [6, 6.07) is 8.73. The zero-order chi connectivity index (χ0) is 14.4. The van der Waals surface area contributed by atoms with Crippen molar-refractivity contribution < 1.29 is 9.90 Å². The van der Waals surface area contributed by atoms with Gasteiger partial charge in [0.2, 0.25) is 0 Å². The Morgan fingerprint density at radius 3 is 2.65 bits per heavy atom. The predicted octanol–water partition coefficient (Wildman–Crippen LogP) is 1.57. The topological polar surface area (TPSA) is 87.1 Å². The van der Waals surface area contributed by atoms with Crippen LogP contribution in [0.4, 0.5) is 10.5 Å². The third kappa shape index (κ3) is 3.76. The van der Waals surface area contributed by atoms with Crippen LogP contribution in [0, 0.1) is 6.92 Å². The van der Waals surface area contributed by atoms with Gasteiger partial charge in [-0.25, -0.2) is 14.8 Å². The van der Waals surface area contributed by atoms with Gasteiger partial charge in [0.15, 0.2) is 5.82 Å². The van der Waals surface area contributed by atoms with Gasteiger partial charge in [0.25, 0.3) is 0 Å². The van der Waals surface area contributed by atoms with Crippen molar-refractivity contribution in [3.8, 4) is 11.4 Å². The summed E-state index contributed by atoms with van der Waals surface area (Å²) >= 11 is 0. The van der Waals surface area contributed by atoms with Crippen LogP contribution in [0.1, 0.15) is 5.69 Å². The summed E-state index contributed by atoms with van der Waals surface area (Å²) in [6.45, 7) is 2.05. The lowest BCUT2D eigenvalue weighted by molar-refractivity contribution is 0.245. The van der Waals surface area contributed by atoms with E-state index in [9.17, 15) is 4.79 Å². The first-order valence-electron chi connectivity index (χ1n) is 6.25. The first-order chi connectivity index (χ1) is 9.69. The van der Waals surface area contributed by atoms with Crippen molar-refractivity contribution in [1.82, 2.24) is 15.3 Å². The van der Waals surface area contributed by atoms with Gasteiger partial charge in [-0.05, 0) is 37.3 Å². The third-order valence-corrected chi connectivity index (χ3v) is 2.59. The fourth-order valence-corrected chi connectivity index (χ4v) is 1.64. The summed E-state index contributed by atoms with van der Waals surface area (Å²) in [5.74, 6) is 0.654. The van der Waals surface area contributed by atoms with Gasteiger partial charge in [0, 0.05) is 29.7 Å². The molecule has 0 spiro atoms. The fraction of sp³-hybridized carbons (Fsp3) is 0.214. The highest BCUT2D eigenvalue weighted by atomic mass is 16.3. The van der Waals surface area contributed by atoms with Crippen molar-refractivity contribution in [1.29, 1.82) is 0 Å². The molecule has 0 aliphatic rings. The first kappa shape index (κ1) is 14.0. The minimum Gasteiger partial charge on any atom is -0.395 e. The summed E-state index contributed by atoms with van der Waals surface area (Å²) < 4.78 is 0. The number of nitrogens with zero attached hydrogens (tertiary/aromatic N) is 2. The number of urea groups is 1. The summed E-state index contributed by atoms with van der Waals surface area (Å²) in [6.07, 6.45) is 1.71. The minimum absolute atomic E-state index is 0.0863. The second kappa shape index (κ2) is 6.63. The maximum absolute atomic E-state index is 11.4. The number of hydrogen-bond acceptors (Lipinski definition) is 4. The maximum atomic E-state index is 11.4. The molecule has 3 N–H and O–H groups in total. The molecule has 1 aromatic carbocycles. The molecule has 0 bridgehead atoms. The van der Waals surface area contributed by atoms with Crippen molar-refractivity contribution >= 4 is 11.7 Å². The molecule has 0 saturated heterocycles. The summed E-state index contributed by atoms with van der Waals surface area (Å²) in [5.41, 5.74) is 2.45. The molecule has 0 aliphatic heterocycles. The van der Waals surface area contributed by atoms with E-state index < -0.39 is 0 Å². The molecule has 0 unspecified atom stereocenters. The molecule has 2 aromatic rings. The molecule has 1 aromatic heterocycles. The summed E-state index contributed by atoms with van der Waals surface area (Å²) in [4.78, 5) is 20.0. The fourth-order valence-electron chi connectivity index (χ4n) is 1.64. The summed E-state index contributed by atoms with van der Waals surface area (Å²) in [7, 11) is 0. The summed E-state index contributed by atoms with van der Waals surface area (Å²) in [5, 5.41) is 13.8. The zero-order valence-corrected chi connectivity index (χ0v) is 11.1. The van der Waals surface area contributed by atoms with Crippen LogP contribution < -0.4 is 10.6 Å². The number of carbonyl (C=O) groups is 1. The van der Waals surface area contributed by atoms with E-state index in [4.69, 9.17) is 5.11 Å². The number of anilines is 1. The quantitative estimate of drug-likeness (QED) is 0.788. The Bertz CT molecular complexity index is 584. The molecule has 2 amide bonds. The highest BCUT2D eigenvalue weighted by Crippen LogP contribution is 2.17. The number of hydrogen-bond donors (Lipinski definition) is 3. The first-order valence-corrected chi connectivity index (χ1v) is 6.25. The lowest BCUT2D eigenvalue weighted by Gasteiger charge is -2.07. The highest BCUT2D eigenvalue weighted by Gasteiger charge is 2.03. The molecule has 2 rings (SSSR count). The van der Waals surface area contributed by atoms with Gasteiger partial charge in [-0.3, -0.25) is 0 Å². The van der Waals surface area contributed by atoms with Crippen molar-refractivity contribution in [2.75, 3.05) is 18.5 Å². The molecule has 104 valence electrons. The van der Waals surface area contributed by atoms with E-state index in [0.29, 0.717) is 11.5 Å². The maximum Gasteiger partial charge on any atom is 0.319 e. The Labute approximate surface area is 116 Å². The Morgan fingerprint density at radius 2 is 2.00 bits per heavy atom. The van der Waals surface area contributed by atoms with Crippen LogP contribution in [-0.2, 0) is 0 Å². The van der Waals surface area contributed by atoms with Gasteiger partial charge >= 0.3 is 6.03 Å². The number of carbonyl (C=O) groups excluding carboxylic acids is 1. The van der Waals surface area contributed by atoms with Crippen molar-refractivity contribution in [3.05, 3.63) is 42.2 Å². The van der Waals surface area contributed by atoms with Crippen molar-refractivity contribution in [2.45, 2.75) is 6.92 Å². The van der Waals surface area contributed by atoms with Gasteiger partial charge in [0.05, 0.1) is 6.61 Å². The van der Waals surface area contributed by atoms with E-state index in [-0.39, 0.29) is 19.2 Å². The standard InChI is InChI=1S/C14H16N4O2/c1-10-6-7-15-13(17-10)11-2-4-12(5-3-11)18-14(20)16-8-9-19/h2-7,19H,8-9H2,1H3,(H2,16,18,20). The number of aliphatic hydroxyl groups excluding tert-OH is 1. The largest absolute Gasteiger partial charge is 0.395 e. The van der Waals surface area contributed by atoms with E-state index in [1.807, 2.05) is 25.1 Å². The normalized spacial score (nSPS) is 10.1. The molecular weight excluding hydrogens is 256 g/mol. The van der Waals surface area contributed by atoms with Gasteiger partial charge in [-0.15, -0.1) is 0 Å². The van der Waals surface area contributed by atoms with Gasteiger partial charge in [-0.1, -0.05) is 0 Å². The Hall–Kier alpha value is -2.47. The van der Waals surface area contributed by atoms with Gasteiger partial charge in [-0.2, -0.15) is 0 Å². The molecule has 0 atom stereocenters. The monoisotopic (exact) mass is 272 g/mol. The number of nitrogens with one attached hydrogen (secondary N) is 2. The van der Waals surface area contributed by atoms with Crippen LogP contribution in [0.3, 0.4) is 0 Å². The Morgan fingerprint density at radius 1 is 1.25 bits per heavy atom. The average Bonchev–Trinajstić information content (AvgIpc) is 2.46. The number of aryl methyl sites for hydroxylation is 1. The number of rotatable bonds is 4. The van der Waals surface area contributed by atoms with E-state index in [2.05, 4.69) is 20.6 Å². The highest BCUT2D eigenvalue weighted by molar-refractivity contribution is 5.89. The number of benzene rings is 1. The predicted molar refractivity (Wildman–Crippen MR) is 76.3 cm³/mol. The molecule has 0 fully saturated rings. The smallest absolute Gasteiger partial charge is 0.319 e. The van der Waals surface area contributed by atoms with Crippen LogP contribution >= 0.6 is 0 Å². The Balaban J connectivity index is 2.05. The van der Waals surface area contributed by atoms with Crippen LogP contribution in [0.15, 0.2) is 36.5 Å². The van der Waals surface area contributed by atoms with E-state index in [0.717, 1.165) is 11.3 Å². The number of amides is 2. The Kier molecular flexibility index (Phi) is 4.62. The van der Waals surface area contributed by atoms with Crippen molar-refractivity contribution in [3.63, 3.8) is 0 Å². The van der Waals surface area contributed by atoms with Crippen LogP contribution in [0.2, 0.25) is 0 Å².